The second kappa shape index (κ2) is 7.13. The Hall–Kier alpha value is -2.57. The van der Waals surface area contributed by atoms with Gasteiger partial charge in [-0.25, -0.2) is 4.79 Å². The number of hydrogen-bond donors (Lipinski definition) is 3. The van der Waals surface area contributed by atoms with Crippen molar-refractivity contribution in [3.05, 3.63) is 35.4 Å². The molecule has 0 aromatic heterocycles. The van der Waals surface area contributed by atoms with Gasteiger partial charge in [0, 0.05) is 6.54 Å². The molecule has 1 aromatic rings. The van der Waals surface area contributed by atoms with Crippen LogP contribution in [0.15, 0.2) is 24.3 Å². The largest absolute Gasteiger partial charge is 0.480 e. The van der Waals surface area contributed by atoms with Crippen LogP contribution in [0.2, 0.25) is 0 Å². The third-order valence-electron chi connectivity index (χ3n) is 2.49. The molecule has 1 rings (SSSR count). The maximum absolute atomic E-state index is 11.8. The Morgan fingerprint density at radius 2 is 2.00 bits per heavy atom. The number of carboxylic acids is 1. The smallest absolute Gasteiger partial charge is 0.323 e. The number of carboxylic acid groups (broad SMARTS) is 1. The summed E-state index contributed by atoms with van der Waals surface area (Å²) in [6.45, 7) is 1.15. The topological polar surface area (TPSA) is 113 Å². The van der Waals surface area contributed by atoms with E-state index < -0.39 is 31.0 Å². The molecule has 0 spiro atoms. The Morgan fingerprint density at radius 1 is 1.30 bits per heavy atom. The lowest BCUT2D eigenvalue weighted by atomic mass is 10.1. The minimum Gasteiger partial charge on any atom is -0.480 e. The highest BCUT2D eigenvalue weighted by Gasteiger charge is 2.18. The average molecular weight is 279 g/mol. The Kier molecular flexibility index (Phi) is 5.52. The van der Waals surface area contributed by atoms with Crippen molar-refractivity contribution >= 4 is 17.9 Å². The van der Waals surface area contributed by atoms with Gasteiger partial charge in [0.25, 0.3) is 0 Å². The number of benzene rings is 1. The van der Waals surface area contributed by atoms with Crippen molar-refractivity contribution < 1.29 is 19.5 Å². The molecule has 0 saturated carbocycles. The van der Waals surface area contributed by atoms with Crippen molar-refractivity contribution in [2.75, 3.05) is 13.1 Å². The first-order chi connectivity index (χ1) is 9.38. The normalized spacial score (nSPS) is 9.85. The number of nitrogens with two attached hydrogens (primary N) is 1. The molecular formula is C13H17N3O4. The fourth-order valence-electron chi connectivity index (χ4n) is 1.66. The first-order valence-corrected chi connectivity index (χ1v) is 5.97. The number of nitrogens with one attached hydrogen (secondary N) is 1. The summed E-state index contributed by atoms with van der Waals surface area (Å²) in [6.07, 6.45) is 0. The lowest BCUT2D eigenvalue weighted by Crippen LogP contribution is -2.46. The van der Waals surface area contributed by atoms with Gasteiger partial charge in [0.15, 0.2) is 0 Å². The summed E-state index contributed by atoms with van der Waals surface area (Å²) in [5, 5.41) is 11.2. The molecule has 0 bridgehead atoms. The second-order valence-corrected chi connectivity index (χ2v) is 4.36. The van der Waals surface area contributed by atoms with Crippen LogP contribution in [0.4, 0.5) is 4.79 Å². The standard InChI is InChI=1S/C13H17N3O4/c1-9-3-2-4-10(5-9)6-15-13(20)16(7-11(14)17)8-12(18)19/h2-5H,6-8H2,1H3,(H2,14,17)(H,15,20)(H,18,19). The molecule has 0 radical (unpaired) electrons. The average Bonchev–Trinajstić information content (AvgIpc) is 2.34. The Bertz CT molecular complexity index is 500. The number of urea groups is 1. The van der Waals surface area contributed by atoms with Gasteiger partial charge in [-0.3, -0.25) is 9.59 Å². The molecule has 0 heterocycles. The molecule has 0 aliphatic carbocycles. The molecule has 0 saturated heterocycles. The van der Waals surface area contributed by atoms with Crippen molar-refractivity contribution in [2.24, 2.45) is 5.73 Å². The van der Waals surface area contributed by atoms with E-state index in [1.165, 1.54) is 0 Å². The highest BCUT2D eigenvalue weighted by molar-refractivity contribution is 5.85. The fourth-order valence-corrected chi connectivity index (χ4v) is 1.66. The third kappa shape index (κ3) is 5.38. The van der Waals surface area contributed by atoms with Crippen molar-refractivity contribution in [2.45, 2.75) is 13.5 Å². The van der Waals surface area contributed by atoms with E-state index in [0.29, 0.717) is 0 Å². The van der Waals surface area contributed by atoms with E-state index in [1.54, 1.807) is 0 Å². The first kappa shape index (κ1) is 15.5. The van der Waals surface area contributed by atoms with Crippen LogP contribution in [0, 0.1) is 6.92 Å². The first-order valence-electron chi connectivity index (χ1n) is 5.97. The van der Waals surface area contributed by atoms with Gasteiger partial charge in [0.05, 0.1) is 0 Å². The van der Waals surface area contributed by atoms with E-state index in [2.05, 4.69) is 5.32 Å². The molecule has 0 unspecified atom stereocenters. The Balaban J connectivity index is 2.61. The molecule has 0 aliphatic heterocycles. The number of carbonyl (C=O) groups excluding carboxylic acids is 2. The predicted octanol–water partition coefficient (Wildman–Crippen LogP) is 0.0765. The maximum atomic E-state index is 11.8. The van der Waals surface area contributed by atoms with Crippen molar-refractivity contribution in [3.8, 4) is 0 Å². The van der Waals surface area contributed by atoms with Gasteiger partial charge >= 0.3 is 12.0 Å². The molecular weight excluding hydrogens is 262 g/mol. The Labute approximate surface area is 116 Å². The number of rotatable bonds is 6. The maximum Gasteiger partial charge on any atom is 0.323 e. The van der Waals surface area contributed by atoms with Crippen molar-refractivity contribution in [1.82, 2.24) is 10.2 Å². The van der Waals surface area contributed by atoms with Gasteiger partial charge in [-0.05, 0) is 12.5 Å². The summed E-state index contributed by atoms with van der Waals surface area (Å²) in [5.41, 5.74) is 6.91. The van der Waals surface area contributed by atoms with Crippen LogP contribution in [-0.4, -0.2) is 41.0 Å². The Morgan fingerprint density at radius 3 is 2.55 bits per heavy atom. The molecule has 7 nitrogen and oxygen atoms in total. The van der Waals surface area contributed by atoms with Gasteiger partial charge in [-0.1, -0.05) is 29.8 Å². The number of carbonyl (C=O) groups is 3. The molecule has 0 aliphatic rings. The summed E-state index contributed by atoms with van der Waals surface area (Å²) in [7, 11) is 0. The zero-order valence-electron chi connectivity index (χ0n) is 11.1. The summed E-state index contributed by atoms with van der Waals surface area (Å²) in [4.78, 5) is 34.1. The van der Waals surface area contributed by atoms with Crippen LogP contribution in [0.3, 0.4) is 0 Å². The van der Waals surface area contributed by atoms with Crippen LogP contribution < -0.4 is 11.1 Å². The number of aliphatic carboxylic acids is 1. The molecule has 20 heavy (non-hydrogen) atoms. The van der Waals surface area contributed by atoms with Gasteiger partial charge in [-0.15, -0.1) is 0 Å². The van der Waals surface area contributed by atoms with Crippen LogP contribution in [-0.2, 0) is 16.1 Å². The van der Waals surface area contributed by atoms with Crippen LogP contribution in [0.25, 0.3) is 0 Å². The number of primary amides is 1. The number of amides is 3. The molecule has 7 heteroatoms. The number of hydrogen-bond acceptors (Lipinski definition) is 3. The van der Waals surface area contributed by atoms with E-state index >= 15 is 0 Å². The number of nitrogens with zero attached hydrogens (tertiary/aromatic N) is 1. The van der Waals surface area contributed by atoms with Gasteiger partial charge < -0.3 is 21.1 Å². The SMILES string of the molecule is Cc1cccc(CNC(=O)N(CC(N)=O)CC(=O)O)c1. The lowest BCUT2D eigenvalue weighted by Gasteiger charge is -2.19. The van der Waals surface area contributed by atoms with Crippen molar-refractivity contribution in [3.63, 3.8) is 0 Å². The quantitative estimate of drug-likeness (QED) is 0.684. The molecule has 108 valence electrons. The summed E-state index contributed by atoms with van der Waals surface area (Å²) in [5.74, 6) is -1.98. The predicted molar refractivity (Wildman–Crippen MR) is 71.8 cm³/mol. The molecule has 0 atom stereocenters. The van der Waals surface area contributed by atoms with E-state index in [0.717, 1.165) is 16.0 Å². The van der Waals surface area contributed by atoms with E-state index in [1.807, 2.05) is 31.2 Å². The lowest BCUT2D eigenvalue weighted by molar-refractivity contribution is -0.137. The summed E-state index contributed by atoms with van der Waals surface area (Å²) in [6, 6.07) is 6.87. The van der Waals surface area contributed by atoms with Crippen LogP contribution in [0.5, 0.6) is 0 Å². The summed E-state index contributed by atoms with van der Waals surface area (Å²) >= 11 is 0. The number of aryl methyl sites for hydroxylation is 1. The third-order valence-corrected chi connectivity index (χ3v) is 2.49. The van der Waals surface area contributed by atoms with Crippen molar-refractivity contribution in [1.29, 1.82) is 0 Å². The molecule has 0 fully saturated rings. The molecule has 3 amide bonds. The molecule has 1 aromatic carbocycles. The minimum atomic E-state index is -1.21. The molecule has 4 N–H and O–H groups in total. The highest BCUT2D eigenvalue weighted by Crippen LogP contribution is 2.03. The monoisotopic (exact) mass is 279 g/mol. The van der Waals surface area contributed by atoms with Crippen LogP contribution in [0.1, 0.15) is 11.1 Å². The van der Waals surface area contributed by atoms with Gasteiger partial charge in [-0.2, -0.15) is 0 Å². The summed E-state index contributed by atoms with van der Waals surface area (Å²) < 4.78 is 0. The second-order valence-electron chi connectivity index (χ2n) is 4.36. The fraction of sp³-hybridized carbons (Fsp3) is 0.308. The van der Waals surface area contributed by atoms with Gasteiger partial charge in [0.1, 0.15) is 13.1 Å². The van der Waals surface area contributed by atoms with E-state index in [-0.39, 0.29) is 6.54 Å². The zero-order valence-corrected chi connectivity index (χ0v) is 11.1. The van der Waals surface area contributed by atoms with Crippen LogP contribution >= 0.6 is 0 Å². The van der Waals surface area contributed by atoms with Gasteiger partial charge in [0.2, 0.25) is 5.91 Å². The zero-order chi connectivity index (χ0) is 15.1. The minimum absolute atomic E-state index is 0.245. The highest BCUT2D eigenvalue weighted by atomic mass is 16.4. The van der Waals surface area contributed by atoms with E-state index in [9.17, 15) is 14.4 Å². The van der Waals surface area contributed by atoms with E-state index in [4.69, 9.17) is 10.8 Å².